The summed E-state index contributed by atoms with van der Waals surface area (Å²) >= 11 is 13.1. The minimum absolute atomic E-state index is 0.0964. The van der Waals surface area contributed by atoms with Crippen LogP contribution in [-0.4, -0.2) is 43.2 Å². The van der Waals surface area contributed by atoms with E-state index in [-0.39, 0.29) is 36.0 Å². The van der Waals surface area contributed by atoms with E-state index in [0.717, 1.165) is 36.4 Å². The molecule has 3 aromatic carbocycles. The number of aromatic nitrogens is 3. The first-order valence-electron chi connectivity index (χ1n) is 16.0. The zero-order valence-electron chi connectivity index (χ0n) is 28.7. The van der Waals surface area contributed by atoms with Gasteiger partial charge in [0.15, 0.2) is 0 Å². The SMILES string of the molecule is O=c1n(CCC(S)c2ccc([N+](=O)[O-])cc2[N+](=O)[O-])c(=O)n(CCC(S)c2ccc([N+](=O)[O-])cc2[N+](=O)[O-])c(=O)n1CCC(S)c1ccc([N+](=O)[O-])cc1[N+](=O)[O-]. The van der Waals surface area contributed by atoms with E-state index in [2.05, 4.69) is 37.9 Å². The molecule has 0 radical (unpaired) electrons. The first-order chi connectivity index (χ1) is 26.7. The molecule has 4 rings (SSSR count). The largest absolute Gasteiger partial charge is 0.336 e. The van der Waals surface area contributed by atoms with Gasteiger partial charge in [-0.05, 0) is 37.5 Å². The first-order valence-corrected chi connectivity index (χ1v) is 17.6. The molecule has 0 aliphatic carbocycles. The Bertz CT molecular complexity index is 2210. The molecule has 0 fully saturated rings. The fraction of sp³-hybridized carbons (Fsp3) is 0.300. The zero-order valence-corrected chi connectivity index (χ0v) is 31.3. The van der Waals surface area contributed by atoms with E-state index in [1.54, 1.807) is 0 Å². The maximum atomic E-state index is 13.8. The van der Waals surface area contributed by atoms with Gasteiger partial charge in [-0.25, -0.2) is 28.1 Å². The van der Waals surface area contributed by atoms with E-state index in [1.807, 2.05) is 0 Å². The summed E-state index contributed by atoms with van der Waals surface area (Å²) in [6, 6.07) is 8.39. The summed E-state index contributed by atoms with van der Waals surface area (Å²) in [5.74, 6) is 0. The molecule has 0 bridgehead atoms. The molecule has 4 aromatic rings. The van der Waals surface area contributed by atoms with Gasteiger partial charge in [-0.3, -0.25) is 60.7 Å². The lowest BCUT2D eigenvalue weighted by atomic mass is 10.1. The number of hydrogen-bond donors (Lipinski definition) is 3. The van der Waals surface area contributed by atoms with Crippen molar-refractivity contribution in [3.05, 3.63) is 163 Å². The predicted octanol–water partition coefficient (Wildman–Crippen LogP) is 4.80. The zero-order chi connectivity index (χ0) is 42.5. The van der Waals surface area contributed by atoms with Crippen LogP contribution in [0.25, 0.3) is 0 Å². The van der Waals surface area contributed by atoms with Gasteiger partial charge >= 0.3 is 17.1 Å². The van der Waals surface area contributed by atoms with Crippen LogP contribution in [0.2, 0.25) is 0 Å². The highest BCUT2D eigenvalue weighted by Gasteiger charge is 2.28. The Morgan fingerprint density at radius 1 is 0.421 bits per heavy atom. The average molecular weight is 850 g/mol. The molecule has 0 saturated carbocycles. The van der Waals surface area contributed by atoms with Gasteiger partial charge < -0.3 is 0 Å². The molecular formula is C30H27N9O15S3. The molecule has 300 valence electrons. The molecule has 27 heteroatoms. The molecule has 0 saturated heterocycles. The van der Waals surface area contributed by atoms with Crippen molar-refractivity contribution in [2.75, 3.05) is 0 Å². The van der Waals surface area contributed by atoms with Crippen LogP contribution in [0.1, 0.15) is 51.7 Å². The second kappa shape index (κ2) is 18.0. The topological polar surface area (TPSA) is 325 Å². The summed E-state index contributed by atoms with van der Waals surface area (Å²) in [5, 5.41) is 65.5. The van der Waals surface area contributed by atoms with Gasteiger partial charge in [-0.2, -0.15) is 37.9 Å². The van der Waals surface area contributed by atoms with Crippen molar-refractivity contribution in [2.45, 2.75) is 54.6 Å². The molecule has 0 amide bonds. The molecule has 0 aliphatic rings. The summed E-state index contributed by atoms with van der Waals surface area (Å²) in [4.78, 5) is 105. The van der Waals surface area contributed by atoms with Crippen LogP contribution in [0, 0.1) is 60.7 Å². The van der Waals surface area contributed by atoms with E-state index >= 15 is 0 Å². The number of rotatable bonds is 18. The Kier molecular flexibility index (Phi) is 13.6. The van der Waals surface area contributed by atoms with Gasteiger partial charge in [0.1, 0.15) is 0 Å². The molecule has 0 spiro atoms. The predicted molar refractivity (Wildman–Crippen MR) is 208 cm³/mol. The molecule has 3 unspecified atom stereocenters. The van der Waals surface area contributed by atoms with Crippen molar-refractivity contribution in [1.82, 2.24) is 13.7 Å². The number of benzene rings is 3. The van der Waals surface area contributed by atoms with Crippen molar-refractivity contribution in [3.8, 4) is 0 Å². The Labute approximate surface area is 332 Å². The Hall–Kier alpha value is -6.48. The van der Waals surface area contributed by atoms with E-state index in [1.165, 1.54) is 0 Å². The van der Waals surface area contributed by atoms with Crippen LogP contribution in [0.5, 0.6) is 0 Å². The van der Waals surface area contributed by atoms with Gasteiger partial charge in [-0.15, -0.1) is 0 Å². The van der Waals surface area contributed by atoms with E-state index in [9.17, 15) is 75.1 Å². The second-order valence-corrected chi connectivity index (χ2v) is 13.9. The number of nitro benzene ring substituents is 6. The van der Waals surface area contributed by atoms with Crippen LogP contribution < -0.4 is 17.1 Å². The molecule has 0 aliphatic heterocycles. The van der Waals surface area contributed by atoms with Crippen LogP contribution in [0.15, 0.2) is 69.0 Å². The van der Waals surface area contributed by atoms with Gasteiger partial charge in [0.25, 0.3) is 34.1 Å². The number of nitro groups is 6. The van der Waals surface area contributed by atoms with Crippen molar-refractivity contribution in [3.63, 3.8) is 0 Å². The molecule has 1 aromatic heterocycles. The lowest BCUT2D eigenvalue weighted by Gasteiger charge is -2.18. The molecular weight excluding hydrogens is 823 g/mol. The molecule has 0 N–H and O–H groups in total. The third-order valence-electron chi connectivity index (χ3n) is 8.61. The fourth-order valence-corrected chi connectivity index (χ4v) is 6.74. The standard InChI is InChI=1S/C30H27N9O15S3/c40-28-31(10-7-25(55)19-4-1-16(34(43)44)13-22(19)37(49)50)29(41)33(12-9-27(57)21-6-3-18(36(47)48)15-24(21)39(53)54)30(42)32(28)11-8-26(56)20-5-2-17(35(45)46)14-23(20)38(51)52/h1-6,13-15,25-27,55-57H,7-12H2. The monoisotopic (exact) mass is 849 g/mol. The first kappa shape index (κ1) is 43.3. The van der Waals surface area contributed by atoms with Gasteiger partial charge in [-0.1, -0.05) is 0 Å². The highest BCUT2D eigenvalue weighted by Crippen LogP contribution is 2.37. The van der Waals surface area contributed by atoms with Crippen molar-refractivity contribution in [1.29, 1.82) is 0 Å². The van der Waals surface area contributed by atoms with Gasteiger partial charge in [0.05, 0.1) is 47.7 Å². The van der Waals surface area contributed by atoms with Gasteiger partial charge in [0.2, 0.25) is 0 Å². The quantitative estimate of drug-likeness (QED) is 0.0687. The molecule has 3 atom stereocenters. The van der Waals surface area contributed by atoms with Crippen molar-refractivity contribution in [2.24, 2.45) is 0 Å². The Balaban J connectivity index is 1.75. The lowest BCUT2D eigenvalue weighted by Crippen LogP contribution is -2.54. The highest BCUT2D eigenvalue weighted by molar-refractivity contribution is 7.80. The van der Waals surface area contributed by atoms with Crippen LogP contribution in [-0.2, 0) is 19.6 Å². The van der Waals surface area contributed by atoms with Gasteiger partial charge in [0, 0.05) is 70.3 Å². The second-order valence-electron chi connectivity index (χ2n) is 12.0. The van der Waals surface area contributed by atoms with E-state index in [0.29, 0.717) is 31.9 Å². The summed E-state index contributed by atoms with van der Waals surface area (Å²) in [5.41, 5.74) is -7.60. The molecule has 57 heavy (non-hydrogen) atoms. The van der Waals surface area contributed by atoms with Crippen molar-refractivity contribution < 1.29 is 29.5 Å². The maximum absolute atomic E-state index is 13.8. The normalized spacial score (nSPS) is 12.7. The van der Waals surface area contributed by atoms with E-state index < -0.39 is 116 Å². The summed E-state index contributed by atoms with van der Waals surface area (Å²) in [6.07, 6.45) is -0.865. The Morgan fingerprint density at radius 2 is 0.649 bits per heavy atom. The highest BCUT2D eigenvalue weighted by atomic mass is 32.1. The molecule has 24 nitrogen and oxygen atoms in total. The smallest absolute Gasteiger partial charge is 0.258 e. The number of nitrogens with zero attached hydrogens (tertiary/aromatic N) is 9. The number of thiol groups is 3. The summed E-state index contributed by atoms with van der Waals surface area (Å²) < 4.78 is 1.81. The minimum atomic E-state index is -1.19. The average Bonchev–Trinajstić information content (AvgIpc) is 3.16. The van der Waals surface area contributed by atoms with Crippen LogP contribution >= 0.6 is 37.9 Å². The maximum Gasteiger partial charge on any atom is 0.336 e. The fourth-order valence-electron chi connectivity index (χ4n) is 5.73. The third-order valence-corrected chi connectivity index (χ3v) is 10.2. The van der Waals surface area contributed by atoms with Crippen LogP contribution in [0.3, 0.4) is 0 Å². The summed E-state index contributed by atoms with van der Waals surface area (Å²) in [6.45, 7) is -1.59. The minimum Gasteiger partial charge on any atom is -0.258 e. The summed E-state index contributed by atoms with van der Waals surface area (Å²) in [7, 11) is 0. The third kappa shape index (κ3) is 9.67. The van der Waals surface area contributed by atoms with Crippen molar-refractivity contribution >= 4 is 72.0 Å². The number of non-ortho nitro benzene ring substituents is 3. The molecule has 1 heterocycles. The lowest BCUT2D eigenvalue weighted by molar-refractivity contribution is -0.394. The van der Waals surface area contributed by atoms with E-state index in [4.69, 9.17) is 0 Å². The number of hydrogen-bond acceptors (Lipinski definition) is 18. The Morgan fingerprint density at radius 3 is 0.842 bits per heavy atom. The van der Waals surface area contributed by atoms with Crippen LogP contribution in [0.4, 0.5) is 34.1 Å².